The van der Waals surface area contributed by atoms with Crippen molar-refractivity contribution in [3.05, 3.63) is 35.4 Å². The third-order valence-corrected chi connectivity index (χ3v) is 5.02. The third-order valence-electron chi connectivity index (χ3n) is 5.02. The molecule has 0 aromatic heterocycles. The highest BCUT2D eigenvalue weighted by atomic mass is 15.2. The number of piperidine rings is 2. The highest BCUT2D eigenvalue weighted by Crippen LogP contribution is 2.35. The number of benzene rings is 1. The summed E-state index contributed by atoms with van der Waals surface area (Å²) in [5.41, 5.74) is 2.84. The molecule has 2 nitrogen and oxygen atoms in total. The molecule has 2 bridgehead atoms. The van der Waals surface area contributed by atoms with Crippen LogP contribution in [0.25, 0.3) is 0 Å². The van der Waals surface area contributed by atoms with Crippen molar-refractivity contribution in [1.29, 1.82) is 0 Å². The van der Waals surface area contributed by atoms with Gasteiger partial charge in [-0.25, -0.2) is 0 Å². The Kier molecular flexibility index (Phi) is 3.90. The van der Waals surface area contributed by atoms with E-state index in [-0.39, 0.29) is 0 Å². The summed E-state index contributed by atoms with van der Waals surface area (Å²) >= 11 is 0. The molecule has 1 aromatic rings. The monoisotopic (exact) mass is 258 g/mol. The van der Waals surface area contributed by atoms with E-state index in [9.17, 15) is 0 Å². The number of rotatable bonds is 3. The number of nitrogens with one attached hydrogen (secondary N) is 1. The molecule has 104 valence electrons. The molecule has 1 N–H and O–H groups in total. The summed E-state index contributed by atoms with van der Waals surface area (Å²) in [4.78, 5) is 2.78. The molecule has 0 radical (unpaired) electrons. The minimum atomic E-state index is 0.740. The Morgan fingerprint density at radius 3 is 2.32 bits per heavy atom. The maximum Gasteiger partial charge on any atom is 0.0239 e. The van der Waals surface area contributed by atoms with Crippen LogP contribution in [0.15, 0.2) is 24.3 Å². The van der Waals surface area contributed by atoms with E-state index >= 15 is 0 Å². The normalized spacial score (nSPS) is 31.4. The summed E-state index contributed by atoms with van der Waals surface area (Å²) in [5, 5.41) is 3.50. The second-order valence-electron chi connectivity index (χ2n) is 6.35. The van der Waals surface area contributed by atoms with Crippen molar-refractivity contribution >= 4 is 0 Å². The van der Waals surface area contributed by atoms with Crippen molar-refractivity contribution in [2.45, 2.75) is 63.7 Å². The van der Waals surface area contributed by atoms with Crippen LogP contribution in [0.5, 0.6) is 0 Å². The predicted molar refractivity (Wildman–Crippen MR) is 80.2 cm³/mol. The molecule has 2 atom stereocenters. The van der Waals surface area contributed by atoms with Gasteiger partial charge in [0.1, 0.15) is 0 Å². The summed E-state index contributed by atoms with van der Waals surface area (Å²) in [6.07, 6.45) is 6.87. The molecule has 2 heteroatoms. The van der Waals surface area contributed by atoms with Crippen LogP contribution in [0.3, 0.4) is 0 Å². The molecule has 0 spiro atoms. The molecule has 0 saturated carbocycles. The van der Waals surface area contributed by atoms with Crippen molar-refractivity contribution in [2.24, 2.45) is 0 Å². The molecule has 2 saturated heterocycles. The Bertz CT molecular complexity index is 398. The molecule has 2 aliphatic heterocycles. The van der Waals surface area contributed by atoms with E-state index in [1.165, 1.54) is 43.2 Å². The first-order chi connectivity index (χ1) is 9.26. The predicted octanol–water partition coefficient (Wildman–Crippen LogP) is 3.10. The molecule has 0 amide bonds. The van der Waals surface area contributed by atoms with E-state index in [0.29, 0.717) is 0 Å². The van der Waals surface area contributed by atoms with E-state index in [1.807, 2.05) is 0 Å². The summed E-state index contributed by atoms with van der Waals surface area (Å²) in [5.74, 6) is 0. The maximum atomic E-state index is 3.50. The van der Waals surface area contributed by atoms with Crippen molar-refractivity contribution in [3.8, 4) is 0 Å². The fourth-order valence-corrected chi connectivity index (χ4v) is 3.88. The minimum absolute atomic E-state index is 0.740. The Morgan fingerprint density at radius 2 is 1.74 bits per heavy atom. The number of nitrogens with zero attached hydrogens (tertiary/aromatic N) is 1. The number of hydrogen-bond donors (Lipinski definition) is 1. The van der Waals surface area contributed by atoms with E-state index in [2.05, 4.69) is 48.5 Å². The minimum Gasteiger partial charge on any atom is -0.317 e. The lowest BCUT2D eigenvalue weighted by Gasteiger charge is -2.49. The zero-order chi connectivity index (χ0) is 13.2. The Balaban J connectivity index is 1.71. The third kappa shape index (κ3) is 2.85. The van der Waals surface area contributed by atoms with Gasteiger partial charge in [-0.3, -0.25) is 4.90 Å². The van der Waals surface area contributed by atoms with Gasteiger partial charge in [-0.05, 0) is 45.2 Å². The lowest BCUT2D eigenvalue weighted by molar-refractivity contribution is 0.0190. The van der Waals surface area contributed by atoms with Gasteiger partial charge in [-0.15, -0.1) is 0 Å². The quantitative estimate of drug-likeness (QED) is 0.896. The van der Waals surface area contributed by atoms with Crippen LogP contribution >= 0.6 is 0 Å². The van der Waals surface area contributed by atoms with Gasteiger partial charge in [0.15, 0.2) is 0 Å². The highest BCUT2D eigenvalue weighted by molar-refractivity contribution is 5.21. The zero-order valence-electron chi connectivity index (χ0n) is 12.2. The Labute approximate surface area is 117 Å². The smallest absolute Gasteiger partial charge is 0.0239 e. The summed E-state index contributed by atoms with van der Waals surface area (Å²) in [6.45, 7) is 3.31. The van der Waals surface area contributed by atoms with E-state index in [1.54, 1.807) is 0 Å². The standard InChI is InChI=1S/C17H26N2/c1-13-6-8-14(9-7-13)12-19-16-4-3-5-17(19)11-15(10-16)18-2/h6-9,15-18H,3-5,10-12H2,1-2H3. The van der Waals surface area contributed by atoms with Gasteiger partial charge in [0.25, 0.3) is 0 Å². The number of fused-ring (bicyclic) bond motifs is 2. The molecular formula is C17H26N2. The average molecular weight is 258 g/mol. The van der Waals surface area contributed by atoms with Crippen LogP contribution in [-0.2, 0) is 6.54 Å². The SMILES string of the molecule is CNC1CC2CCCC(C1)N2Cc1ccc(C)cc1. The van der Waals surface area contributed by atoms with Crippen LogP contribution in [-0.4, -0.2) is 30.1 Å². The van der Waals surface area contributed by atoms with Gasteiger partial charge in [-0.1, -0.05) is 36.2 Å². The Hall–Kier alpha value is -0.860. The van der Waals surface area contributed by atoms with Gasteiger partial charge >= 0.3 is 0 Å². The van der Waals surface area contributed by atoms with Gasteiger partial charge in [0.2, 0.25) is 0 Å². The molecular weight excluding hydrogens is 232 g/mol. The fraction of sp³-hybridized carbons (Fsp3) is 0.647. The lowest BCUT2D eigenvalue weighted by Crippen LogP contribution is -2.55. The molecule has 2 unspecified atom stereocenters. The van der Waals surface area contributed by atoms with Crippen LogP contribution < -0.4 is 5.32 Å². The molecule has 3 rings (SSSR count). The second kappa shape index (κ2) is 5.64. The van der Waals surface area contributed by atoms with E-state index in [4.69, 9.17) is 0 Å². The number of aryl methyl sites for hydroxylation is 1. The largest absolute Gasteiger partial charge is 0.317 e. The fourth-order valence-electron chi connectivity index (χ4n) is 3.88. The van der Waals surface area contributed by atoms with Crippen molar-refractivity contribution in [1.82, 2.24) is 10.2 Å². The van der Waals surface area contributed by atoms with Crippen LogP contribution in [0.1, 0.15) is 43.2 Å². The molecule has 2 aliphatic rings. The van der Waals surface area contributed by atoms with Crippen molar-refractivity contribution in [2.75, 3.05) is 7.05 Å². The first-order valence-corrected chi connectivity index (χ1v) is 7.75. The molecule has 19 heavy (non-hydrogen) atoms. The van der Waals surface area contributed by atoms with Crippen LogP contribution in [0.4, 0.5) is 0 Å². The highest BCUT2D eigenvalue weighted by Gasteiger charge is 2.37. The number of hydrogen-bond acceptors (Lipinski definition) is 2. The van der Waals surface area contributed by atoms with Crippen LogP contribution in [0.2, 0.25) is 0 Å². The Morgan fingerprint density at radius 1 is 1.11 bits per heavy atom. The first kappa shape index (κ1) is 13.1. The van der Waals surface area contributed by atoms with Crippen molar-refractivity contribution in [3.63, 3.8) is 0 Å². The van der Waals surface area contributed by atoms with Crippen molar-refractivity contribution < 1.29 is 0 Å². The van der Waals surface area contributed by atoms with E-state index < -0.39 is 0 Å². The van der Waals surface area contributed by atoms with Gasteiger partial charge in [0.05, 0.1) is 0 Å². The first-order valence-electron chi connectivity index (χ1n) is 7.75. The summed E-state index contributed by atoms with van der Waals surface area (Å²) in [6, 6.07) is 11.4. The average Bonchev–Trinajstić information content (AvgIpc) is 2.41. The van der Waals surface area contributed by atoms with Gasteiger partial charge in [-0.2, -0.15) is 0 Å². The molecule has 2 fully saturated rings. The summed E-state index contributed by atoms with van der Waals surface area (Å²) < 4.78 is 0. The topological polar surface area (TPSA) is 15.3 Å². The van der Waals surface area contributed by atoms with Gasteiger partial charge < -0.3 is 5.32 Å². The zero-order valence-corrected chi connectivity index (χ0v) is 12.2. The molecule has 2 heterocycles. The molecule has 0 aliphatic carbocycles. The summed E-state index contributed by atoms with van der Waals surface area (Å²) in [7, 11) is 2.12. The maximum absolute atomic E-state index is 3.50. The second-order valence-corrected chi connectivity index (χ2v) is 6.35. The van der Waals surface area contributed by atoms with E-state index in [0.717, 1.165) is 24.7 Å². The lowest BCUT2D eigenvalue weighted by atomic mass is 9.81. The van der Waals surface area contributed by atoms with Crippen LogP contribution in [0, 0.1) is 6.92 Å². The molecule has 1 aromatic carbocycles. The van der Waals surface area contributed by atoms with Gasteiger partial charge in [0, 0.05) is 24.7 Å².